The largest absolute Gasteiger partial charge is 0.0651 e. The first kappa shape index (κ1) is 29.5. The van der Waals surface area contributed by atoms with Gasteiger partial charge in [0.05, 0.1) is 0 Å². The highest BCUT2D eigenvalue weighted by Gasteiger charge is 2.74. The van der Waals surface area contributed by atoms with Gasteiger partial charge in [0.2, 0.25) is 0 Å². The standard InChI is InChI=1S/C38H68/c1-17-25-21(5)28(25)36(11,12)31-23(7)32(31)38(15,16)34-24(8)33(34)37(13,14)30-22(6)29(30)35(9,10)26-18-20(4)27(26)19(2)3/h19-34H,17-18H2,1-16H3. The molecule has 15 unspecified atom stereocenters. The zero-order valence-corrected chi connectivity index (χ0v) is 28.7. The van der Waals surface area contributed by atoms with E-state index in [-0.39, 0.29) is 0 Å². The lowest BCUT2D eigenvalue weighted by Crippen LogP contribution is -2.48. The fourth-order valence-electron chi connectivity index (χ4n) is 14.4. The van der Waals surface area contributed by atoms with Crippen LogP contribution < -0.4 is 0 Å². The van der Waals surface area contributed by atoms with E-state index < -0.39 is 0 Å². The Labute approximate surface area is 239 Å². The molecule has 5 fully saturated rings. The van der Waals surface area contributed by atoms with Gasteiger partial charge in [0.25, 0.3) is 0 Å². The van der Waals surface area contributed by atoms with Crippen LogP contribution >= 0.6 is 0 Å². The Balaban J connectivity index is 1.29. The summed E-state index contributed by atoms with van der Waals surface area (Å²) >= 11 is 0. The second-order valence-corrected chi connectivity index (χ2v) is 19.1. The average molecular weight is 525 g/mol. The van der Waals surface area contributed by atoms with Crippen LogP contribution in [-0.2, 0) is 0 Å². The van der Waals surface area contributed by atoms with Gasteiger partial charge in [-0.3, -0.25) is 0 Å². The van der Waals surface area contributed by atoms with Crippen LogP contribution in [0.2, 0.25) is 0 Å². The number of hydrogen-bond acceptors (Lipinski definition) is 0. The number of hydrogen-bond donors (Lipinski definition) is 0. The van der Waals surface area contributed by atoms with Crippen molar-refractivity contribution in [3.63, 3.8) is 0 Å². The van der Waals surface area contributed by atoms with Gasteiger partial charge in [-0.2, -0.15) is 0 Å². The quantitative estimate of drug-likeness (QED) is 0.266. The smallest absolute Gasteiger partial charge is 0.0286 e. The van der Waals surface area contributed by atoms with Crippen molar-refractivity contribution in [2.24, 2.45) is 116 Å². The molecule has 5 aliphatic carbocycles. The lowest BCUT2D eigenvalue weighted by molar-refractivity contribution is -0.0570. The molecule has 0 aromatic heterocycles. The molecule has 5 saturated carbocycles. The van der Waals surface area contributed by atoms with E-state index in [1.165, 1.54) is 12.8 Å². The van der Waals surface area contributed by atoms with Crippen molar-refractivity contribution in [2.45, 2.75) is 124 Å². The van der Waals surface area contributed by atoms with Crippen LogP contribution in [0.4, 0.5) is 0 Å². The molecule has 0 N–H and O–H groups in total. The maximum absolute atomic E-state index is 2.71. The molecule has 0 radical (unpaired) electrons. The monoisotopic (exact) mass is 525 g/mol. The summed E-state index contributed by atoms with van der Waals surface area (Å²) in [7, 11) is 0. The topological polar surface area (TPSA) is 0 Å². The predicted molar refractivity (Wildman–Crippen MR) is 166 cm³/mol. The van der Waals surface area contributed by atoms with E-state index in [4.69, 9.17) is 0 Å². The van der Waals surface area contributed by atoms with Gasteiger partial charge in [0.1, 0.15) is 0 Å². The molecular weight excluding hydrogens is 456 g/mol. The van der Waals surface area contributed by atoms with E-state index in [1.807, 2.05) is 0 Å². The maximum Gasteiger partial charge on any atom is -0.0286 e. The highest BCUT2D eigenvalue weighted by molar-refractivity contribution is 5.22. The summed E-state index contributed by atoms with van der Waals surface area (Å²) in [6.45, 7) is 41.8. The van der Waals surface area contributed by atoms with Crippen molar-refractivity contribution < 1.29 is 0 Å². The van der Waals surface area contributed by atoms with E-state index in [0.29, 0.717) is 21.7 Å². The minimum atomic E-state index is 0.465. The van der Waals surface area contributed by atoms with Crippen molar-refractivity contribution >= 4 is 0 Å². The zero-order chi connectivity index (χ0) is 28.7. The molecule has 0 saturated heterocycles. The van der Waals surface area contributed by atoms with Crippen LogP contribution in [0.15, 0.2) is 0 Å². The third-order valence-corrected chi connectivity index (χ3v) is 15.7. The summed E-state index contributed by atoms with van der Waals surface area (Å²) < 4.78 is 0. The molecule has 15 atom stereocenters. The summed E-state index contributed by atoms with van der Waals surface area (Å²) in [6.07, 6.45) is 2.85. The summed E-state index contributed by atoms with van der Waals surface area (Å²) in [5.41, 5.74) is 1.94. The minimum absolute atomic E-state index is 0.465. The minimum Gasteiger partial charge on any atom is -0.0651 e. The Bertz CT molecular complexity index is 896. The zero-order valence-electron chi connectivity index (χ0n) is 28.7. The van der Waals surface area contributed by atoms with Gasteiger partial charge >= 0.3 is 0 Å². The maximum atomic E-state index is 2.71. The van der Waals surface area contributed by atoms with Crippen LogP contribution in [0.1, 0.15) is 124 Å². The third kappa shape index (κ3) is 3.92. The van der Waals surface area contributed by atoms with Gasteiger partial charge < -0.3 is 0 Å². The highest BCUT2D eigenvalue weighted by atomic mass is 14.8. The van der Waals surface area contributed by atoms with Crippen LogP contribution in [-0.4, -0.2) is 0 Å². The molecule has 38 heavy (non-hydrogen) atoms. The fourth-order valence-corrected chi connectivity index (χ4v) is 14.4. The van der Waals surface area contributed by atoms with Crippen LogP contribution in [0, 0.1) is 116 Å². The molecule has 0 aliphatic heterocycles. The van der Waals surface area contributed by atoms with Gasteiger partial charge in [-0.15, -0.1) is 0 Å². The van der Waals surface area contributed by atoms with Crippen LogP contribution in [0.25, 0.3) is 0 Å². The number of rotatable bonds is 10. The van der Waals surface area contributed by atoms with E-state index >= 15 is 0 Å². The van der Waals surface area contributed by atoms with Crippen molar-refractivity contribution in [3.8, 4) is 0 Å². The van der Waals surface area contributed by atoms with Crippen molar-refractivity contribution in [3.05, 3.63) is 0 Å². The van der Waals surface area contributed by atoms with E-state index in [1.54, 1.807) is 0 Å². The average Bonchev–Trinajstić information content (AvgIpc) is 3.60. The first-order valence-corrected chi connectivity index (χ1v) is 17.3. The van der Waals surface area contributed by atoms with Crippen molar-refractivity contribution in [1.29, 1.82) is 0 Å². The molecule has 220 valence electrons. The Morgan fingerprint density at radius 3 is 1.16 bits per heavy atom. The summed E-state index contributed by atoms with van der Waals surface area (Å²) in [6, 6.07) is 0. The molecule has 0 aromatic carbocycles. The molecule has 0 bridgehead atoms. The predicted octanol–water partition coefficient (Wildman–Crippen LogP) is 11.0. The Morgan fingerprint density at radius 2 is 0.868 bits per heavy atom. The second-order valence-electron chi connectivity index (χ2n) is 19.1. The van der Waals surface area contributed by atoms with Crippen molar-refractivity contribution in [2.75, 3.05) is 0 Å². The normalized spacial score (nSPS) is 50.6. The molecule has 0 heterocycles. The SMILES string of the molecule is CCC1C(C)C1C(C)(C)C1C(C)C1C(C)(C)C1C(C)C1C(C)(C)C1C(C)C1C(C)(C)C1CC(C)C1C(C)C. The molecule has 0 amide bonds. The van der Waals surface area contributed by atoms with Gasteiger partial charge in [0.15, 0.2) is 0 Å². The molecule has 0 nitrogen and oxygen atoms in total. The van der Waals surface area contributed by atoms with E-state index in [0.717, 1.165) is 94.7 Å². The van der Waals surface area contributed by atoms with Crippen LogP contribution in [0.5, 0.6) is 0 Å². The molecule has 0 heteroatoms. The molecule has 5 rings (SSSR count). The lowest BCUT2D eigenvalue weighted by atomic mass is 9.51. The second kappa shape index (κ2) is 8.76. The van der Waals surface area contributed by atoms with Crippen LogP contribution in [0.3, 0.4) is 0 Å². The first-order chi connectivity index (χ1) is 17.3. The Hall–Kier alpha value is 0. The lowest BCUT2D eigenvalue weighted by Gasteiger charge is -2.54. The fraction of sp³-hybridized carbons (Fsp3) is 1.00. The molecule has 0 aromatic rings. The van der Waals surface area contributed by atoms with Gasteiger partial charge in [-0.1, -0.05) is 117 Å². The van der Waals surface area contributed by atoms with E-state index in [2.05, 4.69) is 111 Å². The van der Waals surface area contributed by atoms with E-state index in [9.17, 15) is 0 Å². The Morgan fingerprint density at radius 1 is 0.526 bits per heavy atom. The third-order valence-electron chi connectivity index (χ3n) is 15.7. The van der Waals surface area contributed by atoms with Gasteiger partial charge in [-0.25, -0.2) is 0 Å². The van der Waals surface area contributed by atoms with Gasteiger partial charge in [-0.05, 0) is 123 Å². The molecular formula is C38H68. The van der Waals surface area contributed by atoms with Gasteiger partial charge in [0, 0.05) is 0 Å². The summed E-state index contributed by atoms with van der Waals surface area (Å²) in [5.74, 6) is 14.7. The summed E-state index contributed by atoms with van der Waals surface area (Å²) in [4.78, 5) is 0. The Kier molecular flexibility index (Phi) is 6.80. The van der Waals surface area contributed by atoms with Crippen molar-refractivity contribution in [1.82, 2.24) is 0 Å². The highest BCUT2D eigenvalue weighted by Crippen LogP contribution is 2.79. The first-order valence-electron chi connectivity index (χ1n) is 17.3. The molecule has 5 aliphatic rings. The summed E-state index contributed by atoms with van der Waals surface area (Å²) in [5, 5.41) is 0. The molecule has 0 spiro atoms.